The van der Waals surface area contributed by atoms with Gasteiger partial charge in [-0.2, -0.15) is 5.10 Å². The van der Waals surface area contributed by atoms with Crippen LogP contribution >= 0.6 is 0 Å². The molecule has 0 N–H and O–H groups in total. The number of nitrogens with zero attached hydrogens (tertiary/aromatic N) is 5. The Morgan fingerprint density at radius 2 is 2.53 bits per heavy atom. The van der Waals surface area contributed by atoms with Crippen molar-refractivity contribution in [3.8, 4) is 12.3 Å². The Morgan fingerprint density at radius 3 is 3.29 bits per heavy atom. The van der Waals surface area contributed by atoms with Gasteiger partial charge >= 0.3 is 0 Å². The second-order valence-corrected chi connectivity index (χ2v) is 3.74. The van der Waals surface area contributed by atoms with Crippen molar-refractivity contribution >= 4 is 0 Å². The molecule has 0 radical (unpaired) electrons. The van der Waals surface area contributed by atoms with Gasteiger partial charge in [-0.3, -0.25) is 4.68 Å². The molecular formula is C11H13N5O. The van der Waals surface area contributed by atoms with Crippen LogP contribution < -0.4 is 0 Å². The average molecular weight is 231 g/mol. The van der Waals surface area contributed by atoms with Crippen molar-refractivity contribution in [2.45, 2.75) is 26.0 Å². The summed E-state index contributed by atoms with van der Waals surface area (Å²) in [5.74, 6) is 2.58. The molecule has 1 aliphatic rings. The lowest BCUT2D eigenvalue weighted by atomic mass is 10.1. The monoisotopic (exact) mass is 231 g/mol. The third-order valence-corrected chi connectivity index (χ3v) is 2.73. The van der Waals surface area contributed by atoms with Crippen molar-refractivity contribution in [1.82, 2.24) is 9.78 Å². The van der Waals surface area contributed by atoms with E-state index in [9.17, 15) is 0 Å². The van der Waals surface area contributed by atoms with E-state index >= 15 is 0 Å². The minimum atomic E-state index is 0.416. The first-order valence-electron chi connectivity index (χ1n) is 5.46. The van der Waals surface area contributed by atoms with Crippen LogP contribution in [0.15, 0.2) is 5.11 Å². The zero-order chi connectivity index (χ0) is 12.1. The van der Waals surface area contributed by atoms with E-state index in [-0.39, 0.29) is 0 Å². The minimum absolute atomic E-state index is 0.416. The fourth-order valence-corrected chi connectivity index (χ4v) is 2.00. The molecule has 1 aliphatic heterocycles. The summed E-state index contributed by atoms with van der Waals surface area (Å²) in [5, 5.41) is 8.02. The molecule has 6 heteroatoms. The number of fused-ring (bicyclic) bond motifs is 1. The summed E-state index contributed by atoms with van der Waals surface area (Å²) in [7, 11) is 0. The van der Waals surface area contributed by atoms with Gasteiger partial charge < -0.3 is 4.74 Å². The molecule has 0 saturated carbocycles. The highest BCUT2D eigenvalue weighted by molar-refractivity contribution is 5.28. The molecule has 0 unspecified atom stereocenters. The second kappa shape index (κ2) is 5.39. The Hall–Kier alpha value is -1.96. The molecule has 88 valence electrons. The van der Waals surface area contributed by atoms with Gasteiger partial charge in [-0.25, -0.2) is 0 Å². The van der Waals surface area contributed by atoms with Crippen molar-refractivity contribution < 1.29 is 4.74 Å². The van der Waals surface area contributed by atoms with E-state index in [1.165, 1.54) is 0 Å². The minimum Gasteiger partial charge on any atom is -0.376 e. The molecule has 1 aromatic rings. The summed E-state index contributed by atoms with van der Waals surface area (Å²) in [5.41, 5.74) is 11.5. The van der Waals surface area contributed by atoms with Gasteiger partial charge in [-0.1, -0.05) is 11.0 Å². The van der Waals surface area contributed by atoms with Crippen molar-refractivity contribution in [1.29, 1.82) is 0 Å². The fourth-order valence-electron chi connectivity index (χ4n) is 2.00. The van der Waals surface area contributed by atoms with E-state index < -0.39 is 0 Å². The van der Waals surface area contributed by atoms with Crippen LogP contribution in [0.5, 0.6) is 0 Å². The standard InChI is InChI=1S/C11H13N5O/c1-2-6-16-11(3-5-13-15-12)9-8-17-7-4-10(9)14-16/h1H,3-8H2. The van der Waals surface area contributed by atoms with Crippen molar-refractivity contribution in [2.75, 3.05) is 13.2 Å². The molecule has 0 spiro atoms. The lowest BCUT2D eigenvalue weighted by Gasteiger charge is -2.12. The van der Waals surface area contributed by atoms with Crippen molar-refractivity contribution in [3.63, 3.8) is 0 Å². The van der Waals surface area contributed by atoms with Gasteiger partial charge in [0, 0.05) is 29.1 Å². The number of azide groups is 1. The zero-order valence-corrected chi connectivity index (χ0v) is 9.46. The van der Waals surface area contributed by atoms with Crippen LogP contribution in [0.25, 0.3) is 10.4 Å². The van der Waals surface area contributed by atoms with Crippen molar-refractivity contribution in [2.24, 2.45) is 5.11 Å². The van der Waals surface area contributed by atoms with E-state index in [1.54, 1.807) is 0 Å². The highest BCUT2D eigenvalue weighted by atomic mass is 16.5. The van der Waals surface area contributed by atoms with E-state index in [1.807, 2.05) is 4.68 Å². The Balaban J connectivity index is 2.28. The molecule has 2 rings (SSSR count). The maximum absolute atomic E-state index is 8.28. The van der Waals surface area contributed by atoms with Crippen LogP contribution in [-0.4, -0.2) is 22.9 Å². The van der Waals surface area contributed by atoms with Crippen LogP contribution in [0.3, 0.4) is 0 Å². The summed E-state index contributed by atoms with van der Waals surface area (Å²) in [6.07, 6.45) is 6.79. The van der Waals surface area contributed by atoms with E-state index in [4.69, 9.17) is 16.7 Å². The molecular weight excluding hydrogens is 218 g/mol. The maximum Gasteiger partial charge on any atom is 0.102 e. The Kier molecular flexibility index (Phi) is 3.66. The largest absolute Gasteiger partial charge is 0.376 e. The van der Waals surface area contributed by atoms with Gasteiger partial charge in [-0.05, 0) is 12.0 Å². The van der Waals surface area contributed by atoms with Gasteiger partial charge in [0.25, 0.3) is 0 Å². The Morgan fingerprint density at radius 1 is 1.65 bits per heavy atom. The molecule has 6 nitrogen and oxygen atoms in total. The molecule has 0 atom stereocenters. The molecule has 17 heavy (non-hydrogen) atoms. The third-order valence-electron chi connectivity index (χ3n) is 2.73. The molecule has 2 heterocycles. The molecule has 1 aromatic heterocycles. The Bertz CT molecular complexity index is 493. The number of rotatable bonds is 4. The van der Waals surface area contributed by atoms with Gasteiger partial charge in [0.15, 0.2) is 0 Å². The van der Waals surface area contributed by atoms with Crippen molar-refractivity contribution in [3.05, 3.63) is 27.4 Å². The number of aromatic nitrogens is 2. The maximum atomic E-state index is 8.28. The van der Waals surface area contributed by atoms with Gasteiger partial charge in [0.2, 0.25) is 0 Å². The van der Waals surface area contributed by atoms with Crippen LogP contribution in [-0.2, 0) is 30.7 Å². The molecule has 0 saturated heterocycles. The SMILES string of the molecule is C#CCn1nc2c(c1CCN=[N+]=[N-])COCC2. The van der Waals surface area contributed by atoms with Gasteiger partial charge in [-0.15, -0.1) is 6.42 Å². The fraction of sp³-hybridized carbons (Fsp3) is 0.545. The quantitative estimate of drug-likeness (QED) is 0.340. The van der Waals surface area contributed by atoms with Crippen LogP contribution in [0, 0.1) is 12.3 Å². The highest BCUT2D eigenvalue weighted by Crippen LogP contribution is 2.21. The first kappa shape index (κ1) is 11.5. The summed E-state index contributed by atoms with van der Waals surface area (Å²) >= 11 is 0. The summed E-state index contributed by atoms with van der Waals surface area (Å²) < 4.78 is 7.24. The highest BCUT2D eigenvalue weighted by Gasteiger charge is 2.19. The second-order valence-electron chi connectivity index (χ2n) is 3.74. The molecule has 0 fully saturated rings. The first-order chi connectivity index (χ1) is 8.36. The van der Waals surface area contributed by atoms with E-state index in [0.717, 1.165) is 23.4 Å². The molecule has 0 aromatic carbocycles. The zero-order valence-electron chi connectivity index (χ0n) is 9.46. The third kappa shape index (κ3) is 2.41. The molecule has 0 amide bonds. The molecule has 0 bridgehead atoms. The summed E-state index contributed by atoms with van der Waals surface area (Å²) in [6.45, 7) is 2.14. The predicted octanol–water partition coefficient (Wildman–Crippen LogP) is 1.44. The predicted molar refractivity (Wildman–Crippen MR) is 62.1 cm³/mol. The number of ether oxygens (including phenoxy) is 1. The number of hydrogen-bond acceptors (Lipinski definition) is 3. The lowest BCUT2D eigenvalue weighted by Crippen LogP contribution is -2.10. The van der Waals surface area contributed by atoms with E-state index in [0.29, 0.717) is 32.7 Å². The topological polar surface area (TPSA) is 75.8 Å². The normalized spacial score (nSPS) is 13.6. The smallest absolute Gasteiger partial charge is 0.102 e. The lowest BCUT2D eigenvalue weighted by molar-refractivity contribution is 0.109. The van der Waals surface area contributed by atoms with Crippen LogP contribution in [0.2, 0.25) is 0 Å². The van der Waals surface area contributed by atoms with E-state index in [2.05, 4.69) is 21.0 Å². The van der Waals surface area contributed by atoms with Crippen LogP contribution in [0.4, 0.5) is 0 Å². The summed E-state index contributed by atoms with van der Waals surface area (Å²) in [4.78, 5) is 2.75. The van der Waals surface area contributed by atoms with Gasteiger partial charge in [0.1, 0.15) is 6.54 Å². The van der Waals surface area contributed by atoms with Gasteiger partial charge in [0.05, 0.1) is 18.9 Å². The average Bonchev–Trinajstić information content (AvgIpc) is 2.69. The summed E-state index contributed by atoms with van der Waals surface area (Å²) in [6, 6.07) is 0. The first-order valence-corrected chi connectivity index (χ1v) is 5.46. The van der Waals surface area contributed by atoms with Crippen LogP contribution in [0.1, 0.15) is 17.0 Å². The number of terminal acetylenes is 1. The number of hydrogen-bond donors (Lipinski definition) is 0. The molecule has 0 aliphatic carbocycles. The Labute approximate surface area is 99.2 Å².